The third kappa shape index (κ3) is 5.82. The molecule has 30 heavy (non-hydrogen) atoms. The van der Waals surface area contributed by atoms with Crippen LogP contribution >= 0.6 is 11.8 Å². The zero-order chi connectivity index (χ0) is 21.5. The molecule has 0 radical (unpaired) electrons. The Morgan fingerprint density at radius 2 is 1.80 bits per heavy atom. The molecule has 1 N–H and O–H groups in total. The third-order valence-electron chi connectivity index (χ3n) is 4.19. The topological polar surface area (TPSA) is 69.0 Å². The number of thioether (sulfide) groups is 1. The van der Waals surface area contributed by atoms with Gasteiger partial charge in [0.1, 0.15) is 0 Å². The molecule has 0 fully saturated rings. The van der Waals surface area contributed by atoms with Crippen LogP contribution in [0.2, 0.25) is 0 Å². The van der Waals surface area contributed by atoms with Crippen molar-refractivity contribution in [2.75, 3.05) is 11.1 Å². The van der Waals surface area contributed by atoms with Crippen LogP contribution in [0.5, 0.6) is 5.75 Å². The van der Waals surface area contributed by atoms with Crippen molar-refractivity contribution in [3.05, 3.63) is 66.2 Å². The van der Waals surface area contributed by atoms with Gasteiger partial charge >= 0.3 is 0 Å². The molecule has 158 valence electrons. The van der Waals surface area contributed by atoms with Crippen LogP contribution in [0.3, 0.4) is 0 Å². The summed E-state index contributed by atoms with van der Waals surface area (Å²) in [7, 11) is 0. The molecule has 0 aliphatic carbocycles. The van der Waals surface area contributed by atoms with Gasteiger partial charge in [0.2, 0.25) is 5.91 Å². The fraction of sp³-hybridized carbons (Fsp3) is 0.318. The summed E-state index contributed by atoms with van der Waals surface area (Å²) >= 11 is 1.31. The number of nitrogens with one attached hydrogen (secondary N) is 1. The number of aromatic nitrogens is 3. The number of rotatable bonds is 9. The summed E-state index contributed by atoms with van der Waals surface area (Å²) in [5.41, 5.74) is 0.749. The van der Waals surface area contributed by atoms with Gasteiger partial charge in [-0.2, -0.15) is 0 Å². The van der Waals surface area contributed by atoms with Gasteiger partial charge in [-0.3, -0.25) is 4.79 Å². The molecule has 1 heterocycles. The molecule has 3 aromatic rings. The molecule has 6 nitrogen and oxygen atoms in total. The quantitative estimate of drug-likeness (QED) is 0.489. The lowest BCUT2D eigenvalue weighted by Gasteiger charge is -2.18. The minimum absolute atomic E-state index is 0.123. The van der Waals surface area contributed by atoms with Crippen LogP contribution in [0.4, 0.5) is 10.1 Å². The first kappa shape index (κ1) is 21.8. The summed E-state index contributed by atoms with van der Waals surface area (Å²) in [6.07, 6.45) is -0.499. The maximum atomic E-state index is 14.0. The van der Waals surface area contributed by atoms with Crippen molar-refractivity contribution in [1.82, 2.24) is 14.8 Å². The zero-order valence-electron chi connectivity index (χ0n) is 17.2. The van der Waals surface area contributed by atoms with Gasteiger partial charge in [-0.05, 0) is 37.1 Å². The van der Waals surface area contributed by atoms with Crippen molar-refractivity contribution in [2.45, 2.75) is 38.6 Å². The van der Waals surface area contributed by atoms with E-state index in [0.29, 0.717) is 23.4 Å². The maximum absolute atomic E-state index is 14.0. The van der Waals surface area contributed by atoms with Crippen molar-refractivity contribution < 1.29 is 13.9 Å². The van der Waals surface area contributed by atoms with Crippen LogP contribution in [-0.4, -0.2) is 26.4 Å². The Balaban J connectivity index is 1.71. The highest BCUT2D eigenvalue weighted by atomic mass is 32.2. The smallest absolute Gasteiger partial charge is 0.234 e. The lowest BCUT2D eigenvalue weighted by atomic mass is 10.2. The maximum Gasteiger partial charge on any atom is 0.234 e. The Morgan fingerprint density at radius 1 is 1.10 bits per heavy atom. The summed E-state index contributed by atoms with van der Waals surface area (Å²) in [5.74, 6) is 0.749. The molecule has 3 rings (SSSR count). The van der Waals surface area contributed by atoms with Gasteiger partial charge < -0.3 is 14.6 Å². The average molecular weight is 429 g/mol. The van der Waals surface area contributed by atoms with E-state index in [1.807, 2.05) is 41.8 Å². The number of ether oxygens (including phenoxy) is 1. The first-order chi connectivity index (χ1) is 14.4. The monoisotopic (exact) mass is 428 g/mol. The van der Waals surface area contributed by atoms with E-state index in [1.54, 1.807) is 18.2 Å². The number of carbonyl (C=O) groups is 1. The highest BCUT2D eigenvalue weighted by Gasteiger charge is 2.21. The minimum atomic E-state index is -0.499. The SMILES string of the molecule is CC(C)Cn1c(SCC(=O)Nc2ccccc2)nnc1C(C)Oc1ccccc1F. The first-order valence-electron chi connectivity index (χ1n) is 9.76. The molecule has 0 bridgehead atoms. The van der Waals surface area contributed by atoms with Crippen LogP contribution in [0.15, 0.2) is 59.8 Å². The summed E-state index contributed by atoms with van der Waals surface area (Å²) in [4.78, 5) is 12.3. The lowest BCUT2D eigenvalue weighted by molar-refractivity contribution is -0.113. The standard InChI is InChI=1S/C22H25FN4O2S/c1-15(2)13-27-21(16(3)29-19-12-8-7-11-18(19)23)25-26-22(27)30-14-20(28)24-17-9-5-4-6-10-17/h4-12,15-16H,13-14H2,1-3H3,(H,24,28). The predicted octanol–water partition coefficient (Wildman–Crippen LogP) is 4.94. The molecule has 0 aliphatic heterocycles. The van der Waals surface area contributed by atoms with Crippen molar-refractivity contribution in [3.8, 4) is 5.75 Å². The van der Waals surface area contributed by atoms with Gasteiger partial charge in [-0.15, -0.1) is 10.2 Å². The van der Waals surface area contributed by atoms with Gasteiger partial charge in [0.05, 0.1) is 5.75 Å². The van der Waals surface area contributed by atoms with Gasteiger partial charge in [-0.25, -0.2) is 4.39 Å². The van der Waals surface area contributed by atoms with E-state index in [4.69, 9.17) is 4.74 Å². The molecule has 2 aromatic carbocycles. The number of anilines is 1. The number of hydrogen-bond donors (Lipinski definition) is 1. The normalized spacial score (nSPS) is 12.0. The second-order valence-corrected chi connectivity index (χ2v) is 8.18. The fourth-order valence-electron chi connectivity index (χ4n) is 2.88. The number of carbonyl (C=O) groups excluding carboxylic acids is 1. The Kier molecular flexibility index (Phi) is 7.46. The van der Waals surface area contributed by atoms with Crippen LogP contribution < -0.4 is 10.1 Å². The molecule has 1 amide bonds. The Bertz CT molecular complexity index is 978. The molecule has 0 spiro atoms. The number of para-hydroxylation sites is 2. The van der Waals surface area contributed by atoms with Crippen molar-refractivity contribution in [1.29, 1.82) is 0 Å². The van der Waals surface area contributed by atoms with E-state index in [9.17, 15) is 9.18 Å². The molecule has 1 atom stereocenters. The first-order valence-corrected chi connectivity index (χ1v) is 10.7. The molecule has 0 saturated carbocycles. The lowest BCUT2D eigenvalue weighted by Crippen LogP contribution is -2.17. The van der Waals surface area contributed by atoms with Crippen molar-refractivity contribution in [2.24, 2.45) is 5.92 Å². The number of hydrogen-bond acceptors (Lipinski definition) is 5. The fourth-order valence-corrected chi connectivity index (χ4v) is 3.63. The molecule has 1 aromatic heterocycles. The van der Waals surface area contributed by atoms with E-state index < -0.39 is 11.9 Å². The molecular formula is C22H25FN4O2S. The Morgan fingerprint density at radius 3 is 2.50 bits per heavy atom. The number of amides is 1. The van der Waals surface area contributed by atoms with Crippen LogP contribution in [-0.2, 0) is 11.3 Å². The van der Waals surface area contributed by atoms with Crippen LogP contribution in [0.1, 0.15) is 32.7 Å². The summed E-state index contributed by atoms with van der Waals surface area (Å²) in [6.45, 7) is 6.64. The summed E-state index contributed by atoms with van der Waals surface area (Å²) in [6, 6.07) is 15.6. The van der Waals surface area contributed by atoms with Crippen LogP contribution in [0, 0.1) is 11.7 Å². The van der Waals surface area contributed by atoms with E-state index in [0.717, 1.165) is 5.69 Å². The number of benzene rings is 2. The van der Waals surface area contributed by atoms with Gasteiger partial charge in [0.15, 0.2) is 28.7 Å². The molecular weight excluding hydrogens is 403 g/mol. The van der Waals surface area contributed by atoms with Gasteiger partial charge in [-0.1, -0.05) is 55.9 Å². The average Bonchev–Trinajstić information content (AvgIpc) is 3.11. The Labute approximate surface area is 179 Å². The number of nitrogens with zero attached hydrogens (tertiary/aromatic N) is 3. The molecule has 0 aliphatic rings. The summed E-state index contributed by atoms with van der Waals surface area (Å²) < 4.78 is 21.7. The van der Waals surface area contributed by atoms with Gasteiger partial charge in [0, 0.05) is 12.2 Å². The van der Waals surface area contributed by atoms with E-state index in [1.165, 1.54) is 17.8 Å². The Hall–Kier alpha value is -2.87. The van der Waals surface area contributed by atoms with Crippen LogP contribution in [0.25, 0.3) is 0 Å². The minimum Gasteiger partial charge on any atom is -0.480 e. The largest absolute Gasteiger partial charge is 0.480 e. The van der Waals surface area contributed by atoms with E-state index in [2.05, 4.69) is 29.4 Å². The zero-order valence-corrected chi connectivity index (χ0v) is 18.0. The highest BCUT2D eigenvalue weighted by molar-refractivity contribution is 7.99. The second-order valence-electron chi connectivity index (χ2n) is 7.24. The second kappa shape index (κ2) is 10.2. The van der Waals surface area contributed by atoms with E-state index in [-0.39, 0.29) is 17.4 Å². The molecule has 0 saturated heterocycles. The van der Waals surface area contributed by atoms with Gasteiger partial charge in [0.25, 0.3) is 0 Å². The number of halogens is 1. The van der Waals surface area contributed by atoms with E-state index >= 15 is 0 Å². The van der Waals surface area contributed by atoms with Crippen molar-refractivity contribution in [3.63, 3.8) is 0 Å². The summed E-state index contributed by atoms with van der Waals surface area (Å²) in [5, 5.41) is 12.0. The highest BCUT2D eigenvalue weighted by Crippen LogP contribution is 2.27. The van der Waals surface area contributed by atoms with Crippen molar-refractivity contribution >= 4 is 23.4 Å². The molecule has 1 unspecified atom stereocenters. The molecule has 8 heteroatoms. The predicted molar refractivity (Wildman–Crippen MR) is 116 cm³/mol. The third-order valence-corrected chi connectivity index (χ3v) is 5.15.